The number of hydrogen-bond donors (Lipinski definition) is 3. The average Bonchev–Trinajstić information content (AvgIpc) is 3.37. The molecule has 12 heteroatoms. The van der Waals surface area contributed by atoms with E-state index in [2.05, 4.69) is 69.4 Å². The number of allylic oxidation sites excluding steroid dienone is 8. The van der Waals surface area contributed by atoms with Crippen LogP contribution >= 0.6 is 0 Å². The van der Waals surface area contributed by atoms with Gasteiger partial charge in [0.05, 0.1) is 6.61 Å². The Balaban J connectivity index is 2.70. The lowest BCUT2D eigenvalue weighted by Crippen LogP contribution is -2.61. The summed E-state index contributed by atoms with van der Waals surface area (Å²) in [6.45, 7) is 5.90. The molecule has 0 aromatic rings. The second kappa shape index (κ2) is 49.6. The van der Waals surface area contributed by atoms with Gasteiger partial charge >= 0.3 is 23.9 Å². The first-order valence-electron chi connectivity index (χ1n) is 29.6. The summed E-state index contributed by atoms with van der Waals surface area (Å²) < 4.78 is 28.4. The summed E-state index contributed by atoms with van der Waals surface area (Å²) in [6, 6.07) is 0. The highest BCUT2D eigenvalue weighted by molar-refractivity contribution is 5.74. The second-order valence-electron chi connectivity index (χ2n) is 20.3. The number of carboxylic acid groups (broad SMARTS) is 1. The molecule has 1 aliphatic rings. The molecule has 0 saturated carbocycles. The van der Waals surface area contributed by atoms with Crippen molar-refractivity contribution in [2.24, 2.45) is 0 Å². The third-order valence-corrected chi connectivity index (χ3v) is 13.4. The third-order valence-electron chi connectivity index (χ3n) is 13.4. The van der Waals surface area contributed by atoms with Crippen LogP contribution in [0, 0.1) is 0 Å². The van der Waals surface area contributed by atoms with Gasteiger partial charge < -0.3 is 39.0 Å². The topological polar surface area (TPSA) is 175 Å². The summed E-state index contributed by atoms with van der Waals surface area (Å²) >= 11 is 0. The Morgan fingerprint density at radius 2 is 0.849 bits per heavy atom. The number of unbranched alkanes of at least 4 members (excludes halogenated alkanes) is 28. The molecule has 1 aliphatic heterocycles. The lowest BCUT2D eigenvalue weighted by atomic mass is 9.98. The Hall–Kier alpha value is -3.32. The molecule has 0 aliphatic carbocycles. The second-order valence-corrected chi connectivity index (χ2v) is 20.3. The van der Waals surface area contributed by atoms with E-state index in [9.17, 15) is 34.5 Å². The molecule has 73 heavy (non-hydrogen) atoms. The number of rotatable bonds is 50. The van der Waals surface area contributed by atoms with Gasteiger partial charge in [0.1, 0.15) is 18.8 Å². The molecule has 6 unspecified atom stereocenters. The minimum absolute atomic E-state index is 0.0441. The molecular formula is C61H106O12. The molecule has 6 atom stereocenters. The molecule has 0 amide bonds. The van der Waals surface area contributed by atoms with Crippen molar-refractivity contribution in [2.75, 3.05) is 13.2 Å². The maximum atomic E-state index is 13.1. The predicted octanol–water partition coefficient (Wildman–Crippen LogP) is 15.0. The maximum absolute atomic E-state index is 13.1. The average molecular weight is 1030 g/mol. The van der Waals surface area contributed by atoms with E-state index < -0.39 is 67.3 Å². The van der Waals surface area contributed by atoms with Gasteiger partial charge in [-0.05, 0) is 77.0 Å². The van der Waals surface area contributed by atoms with Crippen LogP contribution in [0.1, 0.15) is 265 Å². The predicted molar refractivity (Wildman–Crippen MR) is 294 cm³/mol. The molecular weight excluding hydrogens is 925 g/mol. The highest BCUT2D eigenvalue weighted by Gasteiger charge is 2.50. The molecule has 0 aromatic heterocycles. The summed E-state index contributed by atoms with van der Waals surface area (Å²) in [6.07, 6.45) is 46.5. The van der Waals surface area contributed by atoms with E-state index in [-0.39, 0.29) is 25.9 Å². The fourth-order valence-electron chi connectivity index (χ4n) is 8.79. The Morgan fingerprint density at radius 3 is 1.32 bits per heavy atom. The monoisotopic (exact) mass is 1030 g/mol. The molecule has 3 N–H and O–H groups in total. The maximum Gasteiger partial charge on any atom is 0.335 e. The van der Waals surface area contributed by atoms with Crippen LogP contribution in [0.4, 0.5) is 0 Å². The van der Waals surface area contributed by atoms with Gasteiger partial charge in [-0.2, -0.15) is 0 Å². The fraction of sp³-hybridized carbons (Fsp3) is 0.803. The van der Waals surface area contributed by atoms with Crippen molar-refractivity contribution >= 4 is 23.9 Å². The zero-order valence-electron chi connectivity index (χ0n) is 46.4. The van der Waals surface area contributed by atoms with E-state index in [4.69, 9.17) is 23.7 Å². The lowest BCUT2D eigenvalue weighted by Gasteiger charge is -2.40. The fourth-order valence-corrected chi connectivity index (χ4v) is 8.79. The van der Waals surface area contributed by atoms with E-state index in [0.29, 0.717) is 19.3 Å². The minimum Gasteiger partial charge on any atom is -0.479 e. The quantitative estimate of drug-likeness (QED) is 0.0228. The van der Waals surface area contributed by atoms with Gasteiger partial charge in [0, 0.05) is 19.3 Å². The summed E-state index contributed by atoms with van der Waals surface area (Å²) in [4.78, 5) is 51.1. The van der Waals surface area contributed by atoms with E-state index in [1.54, 1.807) is 0 Å². The molecule has 422 valence electrons. The summed E-state index contributed by atoms with van der Waals surface area (Å²) in [5, 5.41) is 31.5. The van der Waals surface area contributed by atoms with Crippen molar-refractivity contribution in [3.8, 4) is 0 Å². The van der Waals surface area contributed by atoms with Gasteiger partial charge in [0.25, 0.3) is 0 Å². The van der Waals surface area contributed by atoms with Crippen molar-refractivity contribution in [2.45, 2.75) is 302 Å². The Kier molecular flexibility index (Phi) is 45.9. The van der Waals surface area contributed by atoms with Crippen molar-refractivity contribution in [1.82, 2.24) is 0 Å². The first-order valence-corrected chi connectivity index (χ1v) is 29.6. The zero-order chi connectivity index (χ0) is 53.3. The van der Waals surface area contributed by atoms with E-state index >= 15 is 0 Å². The molecule has 0 bridgehead atoms. The highest BCUT2D eigenvalue weighted by Crippen LogP contribution is 2.26. The molecule has 1 rings (SSSR count). The Bertz CT molecular complexity index is 1460. The van der Waals surface area contributed by atoms with Gasteiger partial charge in [-0.15, -0.1) is 0 Å². The Morgan fingerprint density at radius 1 is 0.452 bits per heavy atom. The number of carboxylic acids is 1. The van der Waals surface area contributed by atoms with Crippen molar-refractivity contribution in [3.63, 3.8) is 0 Å². The Labute approximate surface area is 443 Å². The first kappa shape index (κ1) is 67.7. The number of aliphatic hydroxyl groups is 2. The number of carbonyl (C=O) groups excluding carboxylic acids is 3. The smallest absolute Gasteiger partial charge is 0.335 e. The van der Waals surface area contributed by atoms with Crippen molar-refractivity contribution in [1.29, 1.82) is 0 Å². The third kappa shape index (κ3) is 39.7. The highest BCUT2D eigenvalue weighted by atomic mass is 16.7. The number of hydrogen-bond acceptors (Lipinski definition) is 11. The van der Waals surface area contributed by atoms with Crippen LogP contribution in [0.5, 0.6) is 0 Å². The molecule has 1 saturated heterocycles. The van der Waals surface area contributed by atoms with Crippen LogP contribution in [0.3, 0.4) is 0 Å². The molecule has 0 aromatic carbocycles. The standard InChI is InChI=1S/C61H106O12/c1-4-7-10-13-16-19-22-25-27-30-32-35-38-41-44-47-53(62)69-50-52(71-54(63)48-45-42-39-36-33-29-24-21-18-15-12-9-6-3)51-70-61-59(57(66)56(65)58(73-61)60(67)68)72-55(64)49-46-43-40-37-34-31-28-26-23-20-17-14-11-8-5-2/h12,15,17,20-21,24,26,28,52,56-59,61,65-66H,4-11,13-14,16,18-19,22-23,25,27,29-51H2,1-3H3,(H,67,68)/b15-12-,20-17-,24-21-,28-26-. The zero-order valence-corrected chi connectivity index (χ0v) is 46.4. The van der Waals surface area contributed by atoms with Crippen LogP contribution in [-0.4, -0.2) is 89.2 Å². The minimum atomic E-state index is -1.91. The van der Waals surface area contributed by atoms with Crippen molar-refractivity contribution in [3.05, 3.63) is 48.6 Å². The number of ether oxygens (including phenoxy) is 5. The molecule has 0 radical (unpaired) electrons. The summed E-state index contributed by atoms with van der Waals surface area (Å²) in [5.41, 5.74) is 0. The number of carbonyl (C=O) groups is 4. The first-order chi connectivity index (χ1) is 35.6. The normalized spacial score (nSPS) is 18.6. The van der Waals surface area contributed by atoms with Crippen molar-refractivity contribution < 1.29 is 58.2 Å². The lowest BCUT2D eigenvalue weighted by molar-refractivity contribution is -0.301. The van der Waals surface area contributed by atoms with Gasteiger partial charge in [0.15, 0.2) is 24.6 Å². The molecule has 1 fully saturated rings. The largest absolute Gasteiger partial charge is 0.479 e. The summed E-state index contributed by atoms with van der Waals surface area (Å²) in [5.74, 6) is -3.14. The van der Waals surface area contributed by atoms with Gasteiger partial charge in [0.2, 0.25) is 0 Å². The van der Waals surface area contributed by atoms with Crippen LogP contribution in [0.25, 0.3) is 0 Å². The summed E-state index contributed by atoms with van der Waals surface area (Å²) in [7, 11) is 0. The van der Waals surface area contributed by atoms with E-state index in [0.717, 1.165) is 116 Å². The molecule has 12 nitrogen and oxygen atoms in total. The van der Waals surface area contributed by atoms with Crippen LogP contribution in [0.2, 0.25) is 0 Å². The van der Waals surface area contributed by atoms with E-state index in [1.165, 1.54) is 89.9 Å². The van der Waals surface area contributed by atoms with Gasteiger partial charge in [-0.3, -0.25) is 14.4 Å². The number of aliphatic hydroxyl groups excluding tert-OH is 2. The van der Waals surface area contributed by atoms with Crippen LogP contribution in [-0.2, 0) is 42.9 Å². The van der Waals surface area contributed by atoms with Crippen LogP contribution in [0.15, 0.2) is 48.6 Å². The van der Waals surface area contributed by atoms with Gasteiger partial charge in [-0.1, -0.05) is 217 Å². The number of esters is 3. The van der Waals surface area contributed by atoms with Crippen LogP contribution < -0.4 is 0 Å². The molecule has 0 spiro atoms. The SMILES string of the molecule is CCC/C=C\C/C=C\CCCCCCCC(=O)OC(COC(=O)CCCCCCCCCCCCCCCCC)COC1OC(C(=O)O)C(O)C(O)C1OC(=O)CCCCCCC/C=C\C/C=C\CCCCC. The molecule has 1 heterocycles. The number of aliphatic carboxylic acids is 1. The van der Waals surface area contributed by atoms with Gasteiger partial charge in [-0.25, -0.2) is 4.79 Å². The van der Waals surface area contributed by atoms with E-state index in [1.807, 2.05) is 0 Å².